The highest BCUT2D eigenvalue weighted by molar-refractivity contribution is 7.86. The number of nitrogens with two attached hydrogens (primary N) is 1. The minimum atomic E-state index is -3.30. The molecule has 5 nitrogen and oxygen atoms in total. The Hall–Kier alpha value is 0.120. The van der Waals surface area contributed by atoms with Crippen LogP contribution < -0.4 is 5.73 Å². The maximum absolute atomic E-state index is 12.6. The number of rotatable bonds is 2. The molecule has 0 bridgehead atoms. The van der Waals surface area contributed by atoms with Crippen molar-refractivity contribution in [1.82, 2.24) is 8.61 Å². The van der Waals surface area contributed by atoms with Crippen molar-refractivity contribution in [2.45, 2.75) is 39.2 Å². The van der Waals surface area contributed by atoms with Crippen LogP contribution in [0.5, 0.6) is 0 Å². The Morgan fingerprint density at radius 3 is 2.16 bits per heavy atom. The third kappa shape index (κ3) is 4.04. The molecule has 2 aliphatic heterocycles. The molecule has 2 heterocycles. The van der Waals surface area contributed by atoms with Gasteiger partial charge in [0.1, 0.15) is 0 Å². The number of halogens is 1. The first-order valence-corrected chi connectivity index (χ1v) is 8.30. The van der Waals surface area contributed by atoms with E-state index in [1.54, 1.807) is 8.61 Å². The average molecular weight is 312 g/mol. The maximum Gasteiger partial charge on any atom is 0.282 e. The van der Waals surface area contributed by atoms with Crippen molar-refractivity contribution in [2.24, 2.45) is 17.6 Å². The molecule has 0 aromatic rings. The van der Waals surface area contributed by atoms with Crippen molar-refractivity contribution in [3.8, 4) is 0 Å². The van der Waals surface area contributed by atoms with Crippen LogP contribution in [-0.2, 0) is 10.2 Å². The molecule has 114 valence electrons. The SMILES string of the molecule is CC1CC(C)CN(S(=O)(=O)N2CCC[C@@H](N)C2)C1.Cl. The predicted molar refractivity (Wildman–Crippen MR) is 79.5 cm³/mol. The molecular formula is C12H26ClN3O2S. The third-order valence-electron chi connectivity index (χ3n) is 3.91. The molecule has 0 radical (unpaired) electrons. The normalized spacial score (nSPS) is 34.8. The standard InChI is InChI=1S/C12H25N3O2S.ClH/c1-10-6-11(2)8-15(7-10)18(16,17)14-5-3-4-12(13)9-14;/h10-12H,3-9,13H2,1-2H3;1H/t10?,11?,12-;/m1./s1. The topological polar surface area (TPSA) is 66.6 Å². The van der Waals surface area contributed by atoms with Crippen molar-refractivity contribution in [3.05, 3.63) is 0 Å². The molecule has 2 unspecified atom stereocenters. The lowest BCUT2D eigenvalue weighted by atomic mass is 9.94. The second kappa shape index (κ2) is 6.72. The van der Waals surface area contributed by atoms with Crippen LogP contribution in [0.15, 0.2) is 0 Å². The summed E-state index contributed by atoms with van der Waals surface area (Å²) in [6.07, 6.45) is 2.92. The zero-order chi connectivity index (χ0) is 13.3. The number of piperidine rings is 2. The van der Waals surface area contributed by atoms with E-state index in [1.165, 1.54) is 0 Å². The fourth-order valence-corrected chi connectivity index (χ4v) is 5.09. The molecule has 0 aromatic heterocycles. The van der Waals surface area contributed by atoms with Gasteiger partial charge in [-0.05, 0) is 31.1 Å². The molecule has 19 heavy (non-hydrogen) atoms. The summed E-state index contributed by atoms with van der Waals surface area (Å²) in [4.78, 5) is 0. The number of nitrogens with zero attached hydrogens (tertiary/aromatic N) is 2. The molecule has 0 aliphatic carbocycles. The Balaban J connectivity index is 0.00000180. The van der Waals surface area contributed by atoms with E-state index in [0.717, 1.165) is 19.3 Å². The molecule has 2 fully saturated rings. The van der Waals surface area contributed by atoms with E-state index in [2.05, 4.69) is 13.8 Å². The van der Waals surface area contributed by atoms with Crippen LogP contribution in [0.4, 0.5) is 0 Å². The summed E-state index contributed by atoms with van der Waals surface area (Å²) in [6.45, 7) is 6.65. The minimum Gasteiger partial charge on any atom is -0.327 e. The fraction of sp³-hybridized carbons (Fsp3) is 1.00. The second-order valence-electron chi connectivity index (χ2n) is 6.03. The Labute approximate surface area is 123 Å². The first kappa shape index (κ1) is 17.2. The third-order valence-corrected chi connectivity index (χ3v) is 5.84. The van der Waals surface area contributed by atoms with Gasteiger partial charge < -0.3 is 5.73 Å². The minimum absolute atomic E-state index is 0. The van der Waals surface area contributed by atoms with Crippen LogP contribution >= 0.6 is 12.4 Å². The average Bonchev–Trinajstić information content (AvgIpc) is 2.27. The number of hydrogen-bond donors (Lipinski definition) is 1. The molecule has 0 aromatic carbocycles. The van der Waals surface area contributed by atoms with E-state index in [0.29, 0.717) is 38.0 Å². The van der Waals surface area contributed by atoms with Gasteiger partial charge >= 0.3 is 0 Å². The smallest absolute Gasteiger partial charge is 0.282 e. The van der Waals surface area contributed by atoms with E-state index in [9.17, 15) is 8.42 Å². The summed E-state index contributed by atoms with van der Waals surface area (Å²) in [6, 6.07) is -0.00633. The summed E-state index contributed by atoms with van der Waals surface area (Å²) < 4.78 is 28.4. The molecule has 7 heteroatoms. The molecule has 0 spiro atoms. The summed E-state index contributed by atoms with van der Waals surface area (Å²) in [5.74, 6) is 0.893. The van der Waals surface area contributed by atoms with Gasteiger partial charge in [0.15, 0.2) is 0 Å². The van der Waals surface area contributed by atoms with E-state index in [-0.39, 0.29) is 18.4 Å². The Bertz CT molecular complexity index is 380. The highest BCUT2D eigenvalue weighted by atomic mass is 35.5. The Kier molecular flexibility index (Phi) is 6.07. The van der Waals surface area contributed by atoms with Crippen molar-refractivity contribution in [1.29, 1.82) is 0 Å². The molecule has 0 saturated carbocycles. The monoisotopic (exact) mass is 311 g/mol. The number of hydrogen-bond acceptors (Lipinski definition) is 3. The van der Waals surface area contributed by atoms with Gasteiger partial charge in [-0.15, -0.1) is 12.4 Å². The summed E-state index contributed by atoms with van der Waals surface area (Å²) in [5, 5.41) is 0. The lowest BCUT2D eigenvalue weighted by Gasteiger charge is -2.39. The highest BCUT2D eigenvalue weighted by Gasteiger charge is 2.36. The van der Waals surface area contributed by atoms with Crippen LogP contribution in [-0.4, -0.2) is 49.2 Å². The lowest BCUT2D eigenvalue weighted by molar-refractivity contribution is 0.201. The van der Waals surface area contributed by atoms with E-state index >= 15 is 0 Å². The zero-order valence-electron chi connectivity index (χ0n) is 11.8. The van der Waals surface area contributed by atoms with Crippen LogP contribution in [0, 0.1) is 11.8 Å². The van der Waals surface area contributed by atoms with Crippen LogP contribution in [0.25, 0.3) is 0 Å². The Morgan fingerprint density at radius 1 is 1.05 bits per heavy atom. The molecule has 2 N–H and O–H groups in total. The van der Waals surface area contributed by atoms with Gasteiger partial charge in [0.05, 0.1) is 0 Å². The second-order valence-corrected chi connectivity index (χ2v) is 7.96. The van der Waals surface area contributed by atoms with E-state index in [4.69, 9.17) is 5.73 Å². The molecule has 2 saturated heterocycles. The quantitative estimate of drug-likeness (QED) is 0.829. The van der Waals surface area contributed by atoms with Gasteiger partial charge in [0, 0.05) is 32.2 Å². The summed E-state index contributed by atoms with van der Waals surface area (Å²) >= 11 is 0. The molecular weight excluding hydrogens is 286 g/mol. The van der Waals surface area contributed by atoms with Gasteiger partial charge in [0.2, 0.25) is 0 Å². The van der Waals surface area contributed by atoms with Crippen molar-refractivity contribution in [3.63, 3.8) is 0 Å². The van der Waals surface area contributed by atoms with Gasteiger partial charge in [-0.3, -0.25) is 0 Å². The van der Waals surface area contributed by atoms with Gasteiger partial charge in [-0.1, -0.05) is 13.8 Å². The van der Waals surface area contributed by atoms with E-state index < -0.39 is 10.2 Å². The zero-order valence-corrected chi connectivity index (χ0v) is 13.4. The van der Waals surface area contributed by atoms with Crippen molar-refractivity contribution >= 4 is 22.6 Å². The summed E-state index contributed by atoms with van der Waals surface area (Å²) in [5.41, 5.74) is 5.88. The van der Waals surface area contributed by atoms with Gasteiger partial charge in [-0.25, -0.2) is 0 Å². The molecule has 0 amide bonds. The van der Waals surface area contributed by atoms with Crippen molar-refractivity contribution < 1.29 is 8.42 Å². The summed E-state index contributed by atoms with van der Waals surface area (Å²) in [7, 11) is -3.30. The molecule has 2 aliphatic rings. The highest BCUT2D eigenvalue weighted by Crippen LogP contribution is 2.25. The van der Waals surface area contributed by atoms with E-state index in [1.807, 2.05) is 0 Å². The molecule has 3 atom stereocenters. The largest absolute Gasteiger partial charge is 0.327 e. The van der Waals surface area contributed by atoms with Crippen LogP contribution in [0.3, 0.4) is 0 Å². The van der Waals surface area contributed by atoms with Crippen molar-refractivity contribution in [2.75, 3.05) is 26.2 Å². The lowest BCUT2D eigenvalue weighted by Crippen LogP contribution is -2.54. The first-order valence-electron chi connectivity index (χ1n) is 6.90. The maximum atomic E-state index is 12.6. The molecule has 2 rings (SSSR count). The Morgan fingerprint density at radius 2 is 1.63 bits per heavy atom. The fourth-order valence-electron chi connectivity index (χ4n) is 3.14. The van der Waals surface area contributed by atoms with Gasteiger partial charge in [0.25, 0.3) is 10.2 Å². The first-order chi connectivity index (χ1) is 8.39. The predicted octanol–water partition coefficient (Wildman–Crippen LogP) is 1.05. The van der Waals surface area contributed by atoms with Crippen LogP contribution in [0.2, 0.25) is 0 Å². The van der Waals surface area contributed by atoms with Crippen LogP contribution in [0.1, 0.15) is 33.1 Å². The van der Waals surface area contributed by atoms with Gasteiger partial charge in [-0.2, -0.15) is 17.0 Å².